The summed E-state index contributed by atoms with van der Waals surface area (Å²) in [6, 6.07) is 10.7. The molecule has 1 N–H and O–H groups in total. The van der Waals surface area contributed by atoms with E-state index in [-0.39, 0.29) is 0 Å². The minimum atomic E-state index is 0.425. The zero-order valence-electron chi connectivity index (χ0n) is 13.4. The molecule has 1 aliphatic heterocycles. The highest BCUT2D eigenvalue weighted by atomic mass is 32.2. The maximum Gasteiger partial charge on any atom is 0.0294 e. The van der Waals surface area contributed by atoms with Crippen LogP contribution in [0.25, 0.3) is 0 Å². The van der Waals surface area contributed by atoms with Crippen molar-refractivity contribution in [1.29, 1.82) is 0 Å². The summed E-state index contributed by atoms with van der Waals surface area (Å²) in [4.78, 5) is 3.81. The third-order valence-corrected chi connectivity index (χ3v) is 5.43. The van der Waals surface area contributed by atoms with E-state index in [1.54, 1.807) is 11.8 Å². The molecule has 20 heavy (non-hydrogen) atoms. The van der Waals surface area contributed by atoms with Crippen LogP contribution in [0.1, 0.15) is 38.8 Å². The Hall–Kier alpha value is -0.510. The number of benzene rings is 1. The number of thioether (sulfide) groups is 1. The van der Waals surface area contributed by atoms with Gasteiger partial charge in [0.15, 0.2) is 0 Å². The van der Waals surface area contributed by atoms with E-state index in [0.29, 0.717) is 24.0 Å². The number of piperidine rings is 1. The molecular weight excluding hydrogens is 264 g/mol. The van der Waals surface area contributed by atoms with Crippen LogP contribution in [-0.4, -0.2) is 36.8 Å². The lowest BCUT2D eigenvalue weighted by atomic mass is 9.89. The fourth-order valence-corrected chi connectivity index (χ4v) is 3.49. The van der Waals surface area contributed by atoms with Crippen LogP contribution < -0.4 is 5.32 Å². The number of likely N-dealkylation sites (tertiary alicyclic amines) is 1. The Balaban J connectivity index is 1.97. The lowest BCUT2D eigenvalue weighted by molar-refractivity contribution is 0.116. The number of rotatable bonds is 4. The van der Waals surface area contributed by atoms with Crippen LogP contribution in [0.3, 0.4) is 0 Å². The Labute approximate surface area is 128 Å². The van der Waals surface area contributed by atoms with E-state index in [1.807, 2.05) is 0 Å². The summed E-state index contributed by atoms with van der Waals surface area (Å²) in [6.07, 6.45) is 3.36. The molecule has 0 amide bonds. The summed E-state index contributed by atoms with van der Waals surface area (Å²) >= 11 is 1.80. The topological polar surface area (TPSA) is 15.3 Å². The second-order valence-corrected chi connectivity index (χ2v) is 7.15. The molecule has 1 heterocycles. The Morgan fingerprint density at radius 2 is 1.90 bits per heavy atom. The molecule has 4 unspecified atom stereocenters. The predicted octanol–water partition coefficient (Wildman–Crippen LogP) is 3.79. The average molecular weight is 292 g/mol. The van der Waals surface area contributed by atoms with Crippen LogP contribution in [0.4, 0.5) is 0 Å². The first kappa shape index (κ1) is 15.9. The Morgan fingerprint density at radius 1 is 1.25 bits per heavy atom. The van der Waals surface area contributed by atoms with Gasteiger partial charge in [-0.25, -0.2) is 0 Å². The fourth-order valence-electron chi connectivity index (χ4n) is 3.08. The normalized spacial score (nSPS) is 29.4. The standard InChI is InChI=1S/C17H28N2S/c1-12-11-19(4)13(2)10-17(12)18-14(3)15-6-8-16(20-5)9-7-15/h6-9,12-14,17-18H,10-11H2,1-5H3. The third-order valence-electron chi connectivity index (χ3n) is 4.69. The van der Waals surface area contributed by atoms with Gasteiger partial charge in [0.05, 0.1) is 0 Å². The molecule has 0 aromatic heterocycles. The second-order valence-electron chi connectivity index (χ2n) is 6.27. The first-order valence-electron chi connectivity index (χ1n) is 7.61. The molecule has 2 nitrogen and oxygen atoms in total. The van der Waals surface area contributed by atoms with Crippen LogP contribution in [0, 0.1) is 5.92 Å². The van der Waals surface area contributed by atoms with Gasteiger partial charge in [-0.05, 0) is 57.2 Å². The molecule has 1 saturated heterocycles. The zero-order chi connectivity index (χ0) is 14.7. The van der Waals surface area contributed by atoms with Crippen molar-refractivity contribution >= 4 is 11.8 Å². The lowest BCUT2D eigenvalue weighted by Crippen LogP contribution is -2.51. The van der Waals surface area contributed by atoms with E-state index < -0.39 is 0 Å². The van der Waals surface area contributed by atoms with Gasteiger partial charge in [0.1, 0.15) is 0 Å². The molecule has 0 spiro atoms. The molecule has 0 saturated carbocycles. The van der Waals surface area contributed by atoms with Crippen molar-refractivity contribution in [3.05, 3.63) is 29.8 Å². The summed E-state index contributed by atoms with van der Waals surface area (Å²) < 4.78 is 0. The first-order valence-corrected chi connectivity index (χ1v) is 8.84. The fraction of sp³-hybridized carbons (Fsp3) is 0.647. The molecular formula is C17H28N2S. The smallest absolute Gasteiger partial charge is 0.0294 e. The van der Waals surface area contributed by atoms with E-state index in [9.17, 15) is 0 Å². The molecule has 1 aliphatic rings. The maximum absolute atomic E-state index is 3.84. The molecule has 4 atom stereocenters. The summed E-state index contributed by atoms with van der Waals surface area (Å²) in [5, 5.41) is 3.84. The molecule has 0 aliphatic carbocycles. The molecule has 1 aromatic carbocycles. The average Bonchev–Trinajstić information content (AvgIpc) is 2.44. The summed E-state index contributed by atoms with van der Waals surface area (Å²) in [5.74, 6) is 0.712. The first-order chi connectivity index (χ1) is 9.51. The van der Waals surface area contributed by atoms with Gasteiger partial charge in [-0.3, -0.25) is 0 Å². The van der Waals surface area contributed by atoms with Crippen LogP contribution in [0.15, 0.2) is 29.2 Å². The summed E-state index contributed by atoms with van der Waals surface area (Å²) in [5.41, 5.74) is 1.39. The van der Waals surface area contributed by atoms with Gasteiger partial charge in [0.25, 0.3) is 0 Å². The van der Waals surface area contributed by atoms with Crippen LogP contribution in [-0.2, 0) is 0 Å². The number of nitrogens with zero attached hydrogens (tertiary/aromatic N) is 1. The summed E-state index contributed by atoms with van der Waals surface area (Å²) in [6.45, 7) is 8.17. The van der Waals surface area contributed by atoms with Crippen molar-refractivity contribution in [2.24, 2.45) is 5.92 Å². The lowest BCUT2D eigenvalue weighted by Gasteiger charge is -2.41. The van der Waals surface area contributed by atoms with E-state index in [2.05, 4.69) is 68.6 Å². The number of hydrogen-bond donors (Lipinski definition) is 1. The Kier molecular flexibility index (Phi) is 5.53. The number of hydrogen-bond acceptors (Lipinski definition) is 3. The van der Waals surface area contributed by atoms with Gasteiger partial charge in [-0.2, -0.15) is 0 Å². The maximum atomic E-state index is 3.84. The predicted molar refractivity (Wildman–Crippen MR) is 89.4 cm³/mol. The van der Waals surface area contributed by atoms with Crippen LogP contribution >= 0.6 is 11.8 Å². The molecule has 1 aromatic rings. The molecule has 0 bridgehead atoms. The summed E-state index contributed by atoms with van der Waals surface area (Å²) in [7, 11) is 2.24. The molecule has 0 radical (unpaired) electrons. The van der Waals surface area contributed by atoms with Gasteiger partial charge in [-0.15, -0.1) is 11.8 Å². The van der Waals surface area contributed by atoms with Crippen molar-refractivity contribution in [1.82, 2.24) is 10.2 Å². The monoisotopic (exact) mass is 292 g/mol. The minimum Gasteiger partial charge on any atom is -0.307 e. The zero-order valence-corrected chi connectivity index (χ0v) is 14.2. The Bertz CT molecular complexity index is 418. The van der Waals surface area contributed by atoms with Gasteiger partial charge < -0.3 is 10.2 Å². The molecule has 112 valence electrons. The van der Waals surface area contributed by atoms with Crippen molar-refractivity contribution in [3.8, 4) is 0 Å². The van der Waals surface area contributed by atoms with Gasteiger partial charge in [0.2, 0.25) is 0 Å². The van der Waals surface area contributed by atoms with E-state index in [1.165, 1.54) is 23.4 Å². The van der Waals surface area contributed by atoms with Crippen molar-refractivity contribution in [3.63, 3.8) is 0 Å². The largest absolute Gasteiger partial charge is 0.307 e. The highest BCUT2D eigenvalue weighted by molar-refractivity contribution is 7.98. The molecule has 1 fully saturated rings. The quantitative estimate of drug-likeness (QED) is 0.850. The molecule has 2 rings (SSSR count). The van der Waals surface area contributed by atoms with Gasteiger partial charge in [0, 0.05) is 29.6 Å². The van der Waals surface area contributed by atoms with E-state index in [0.717, 1.165) is 0 Å². The van der Waals surface area contributed by atoms with Crippen LogP contribution in [0.2, 0.25) is 0 Å². The second kappa shape index (κ2) is 6.97. The van der Waals surface area contributed by atoms with Crippen molar-refractivity contribution in [2.45, 2.75) is 50.2 Å². The Morgan fingerprint density at radius 3 is 2.50 bits per heavy atom. The number of nitrogens with one attached hydrogen (secondary N) is 1. The van der Waals surface area contributed by atoms with E-state index in [4.69, 9.17) is 0 Å². The van der Waals surface area contributed by atoms with Crippen molar-refractivity contribution in [2.75, 3.05) is 19.8 Å². The highest BCUT2D eigenvalue weighted by Gasteiger charge is 2.29. The highest BCUT2D eigenvalue weighted by Crippen LogP contribution is 2.25. The SMILES string of the molecule is CSc1ccc(C(C)NC2CC(C)N(C)CC2C)cc1. The van der Waals surface area contributed by atoms with Crippen molar-refractivity contribution < 1.29 is 0 Å². The van der Waals surface area contributed by atoms with Crippen LogP contribution in [0.5, 0.6) is 0 Å². The van der Waals surface area contributed by atoms with Gasteiger partial charge >= 0.3 is 0 Å². The van der Waals surface area contributed by atoms with E-state index >= 15 is 0 Å². The third kappa shape index (κ3) is 3.78. The van der Waals surface area contributed by atoms with Gasteiger partial charge in [-0.1, -0.05) is 19.1 Å². The molecule has 3 heteroatoms. The minimum absolute atomic E-state index is 0.425.